The molecule has 6 heteroatoms. The number of amides is 1. The van der Waals surface area contributed by atoms with Gasteiger partial charge < -0.3 is 10.1 Å². The molecule has 0 unspecified atom stereocenters. The molecule has 0 aliphatic rings. The molecule has 0 spiro atoms. The van der Waals surface area contributed by atoms with E-state index in [2.05, 4.69) is 5.32 Å². The zero-order valence-corrected chi connectivity index (χ0v) is 12.1. The van der Waals surface area contributed by atoms with Crippen LogP contribution in [0.5, 0.6) is 5.75 Å². The third-order valence-electron chi connectivity index (χ3n) is 2.96. The number of nitrogens with zero attached hydrogens (tertiary/aromatic N) is 1. The molecular formula is C16H16N2O4. The fraction of sp³-hybridized carbons (Fsp3) is 0.188. The van der Waals surface area contributed by atoms with Gasteiger partial charge in [-0.2, -0.15) is 0 Å². The Kier molecular flexibility index (Phi) is 5.08. The van der Waals surface area contributed by atoms with Crippen molar-refractivity contribution in [1.29, 1.82) is 0 Å². The number of nitro benzene ring substituents is 1. The summed E-state index contributed by atoms with van der Waals surface area (Å²) in [5, 5.41) is 13.3. The Balaban J connectivity index is 1.93. The lowest BCUT2D eigenvalue weighted by atomic mass is 10.1. The van der Waals surface area contributed by atoms with E-state index in [1.807, 2.05) is 31.2 Å². The van der Waals surface area contributed by atoms with Crippen molar-refractivity contribution in [2.75, 3.05) is 11.9 Å². The van der Waals surface area contributed by atoms with Crippen LogP contribution in [0.1, 0.15) is 12.5 Å². The SMILES string of the molecule is CCOc1ccc(CC(=O)Nc2ccc([N+](=O)[O-])cc2)cc1. The Morgan fingerprint density at radius 3 is 2.32 bits per heavy atom. The maximum Gasteiger partial charge on any atom is 0.269 e. The maximum atomic E-state index is 11.9. The van der Waals surface area contributed by atoms with E-state index in [1.165, 1.54) is 24.3 Å². The molecule has 0 saturated heterocycles. The normalized spacial score (nSPS) is 10.0. The van der Waals surface area contributed by atoms with Crippen LogP contribution in [-0.4, -0.2) is 17.4 Å². The summed E-state index contributed by atoms with van der Waals surface area (Å²) in [6.07, 6.45) is 0.226. The number of carbonyl (C=O) groups excluding carboxylic acids is 1. The zero-order valence-electron chi connectivity index (χ0n) is 12.1. The first-order chi connectivity index (χ1) is 10.6. The Bertz CT molecular complexity index is 651. The Labute approximate surface area is 127 Å². The number of carbonyl (C=O) groups is 1. The molecule has 1 amide bonds. The third-order valence-corrected chi connectivity index (χ3v) is 2.96. The number of ether oxygens (including phenoxy) is 1. The summed E-state index contributed by atoms with van der Waals surface area (Å²) >= 11 is 0. The fourth-order valence-electron chi connectivity index (χ4n) is 1.93. The number of hydrogen-bond acceptors (Lipinski definition) is 4. The van der Waals surface area contributed by atoms with Gasteiger partial charge in [-0.15, -0.1) is 0 Å². The van der Waals surface area contributed by atoms with E-state index in [0.29, 0.717) is 12.3 Å². The molecule has 0 heterocycles. The summed E-state index contributed by atoms with van der Waals surface area (Å²) in [5.41, 5.74) is 1.38. The van der Waals surface area contributed by atoms with Gasteiger partial charge in [0.05, 0.1) is 18.0 Å². The van der Waals surface area contributed by atoms with E-state index in [-0.39, 0.29) is 18.0 Å². The number of benzene rings is 2. The number of nitro groups is 1. The van der Waals surface area contributed by atoms with Gasteiger partial charge in [0.2, 0.25) is 5.91 Å². The molecule has 0 saturated carbocycles. The van der Waals surface area contributed by atoms with Crippen molar-refractivity contribution in [3.63, 3.8) is 0 Å². The molecule has 0 aliphatic carbocycles. The molecule has 0 fully saturated rings. The number of anilines is 1. The minimum Gasteiger partial charge on any atom is -0.494 e. The molecule has 0 aliphatic heterocycles. The van der Waals surface area contributed by atoms with E-state index < -0.39 is 4.92 Å². The van der Waals surface area contributed by atoms with Crippen LogP contribution >= 0.6 is 0 Å². The van der Waals surface area contributed by atoms with Gasteiger partial charge in [-0.05, 0) is 36.8 Å². The summed E-state index contributed by atoms with van der Waals surface area (Å²) in [5.74, 6) is 0.583. The van der Waals surface area contributed by atoms with Crippen LogP contribution in [0.25, 0.3) is 0 Å². The van der Waals surface area contributed by atoms with Gasteiger partial charge in [-0.1, -0.05) is 12.1 Å². The molecule has 0 radical (unpaired) electrons. The van der Waals surface area contributed by atoms with Crippen molar-refractivity contribution in [2.24, 2.45) is 0 Å². The average Bonchev–Trinajstić information content (AvgIpc) is 2.50. The van der Waals surface area contributed by atoms with Crippen LogP contribution in [0.15, 0.2) is 48.5 Å². The summed E-state index contributed by atoms with van der Waals surface area (Å²) in [4.78, 5) is 22.0. The van der Waals surface area contributed by atoms with E-state index in [4.69, 9.17) is 4.74 Å². The van der Waals surface area contributed by atoms with Gasteiger partial charge in [0.25, 0.3) is 5.69 Å². The predicted octanol–water partition coefficient (Wildman–Crippen LogP) is 3.17. The molecule has 0 aromatic heterocycles. The molecule has 114 valence electrons. The van der Waals surface area contributed by atoms with Gasteiger partial charge in [0, 0.05) is 17.8 Å². The van der Waals surface area contributed by atoms with Crippen LogP contribution in [0.3, 0.4) is 0 Å². The number of non-ortho nitro benzene ring substituents is 1. The second-order valence-corrected chi connectivity index (χ2v) is 4.61. The van der Waals surface area contributed by atoms with E-state index in [9.17, 15) is 14.9 Å². The largest absolute Gasteiger partial charge is 0.494 e. The van der Waals surface area contributed by atoms with Gasteiger partial charge in [0.1, 0.15) is 5.75 Å². The summed E-state index contributed by atoms with van der Waals surface area (Å²) in [7, 11) is 0. The van der Waals surface area contributed by atoms with Crippen LogP contribution in [0.2, 0.25) is 0 Å². The number of rotatable bonds is 6. The summed E-state index contributed by atoms with van der Waals surface area (Å²) in [6.45, 7) is 2.51. The highest BCUT2D eigenvalue weighted by Gasteiger charge is 2.07. The minimum absolute atomic E-state index is 0.00971. The Hall–Kier alpha value is -2.89. The van der Waals surface area contributed by atoms with Crippen molar-refractivity contribution >= 4 is 17.3 Å². The summed E-state index contributed by atoms with van der Waals surface area (Å²) < 4.78 is 5.34. The maximum absolute atomic E-state index is 11.9. The lowest BCUT2D eigenvalue weighted by Gasteiger charge is -2.06. The van der Waals surface area contributed by atoms with Crippen molar-refractivity contribution in [3.05, 3.63) is 64.2 Å². The lowest BCUT2D eigenvalue weighted by molar-refractivity contribution is -0.384. The molecular weight excluding hydrogens is 284 g/mol. The molecule has 2 rings (SSSR count). The van der Waals surface area contributed by atoms with Gasteiger partial charge in [0.15, 0.2) is 0 Å². The molecule has 2 aromatic rings. The van der Waals surface area contributed by atoms with Crippen molar-refractivity contribution < 1.29 is 14.5 Å². The molecule has 0 atom stereocenters. The Morgan fingerprint density at radius 1 is 1.14 bits per heavy atom. The van der Waals surface area contributed by atoms with Crippen LogP contribution in [-0.2, 0) is 11.2 Å². The average molecular weight is 300 g/mol. The highest BCUT2D eigenvalue weighted by molar-refractivity contribution is 5.92. The third kappa shape index (κ3) is 4.31. The van der Waals surface area contributed by atoms with E-state index >= 15 is 0 Å². The molecule has 6 nitrogen and oxygen atoms in total. The smallest absolute Gasteiger partial charge is 0.269 e. The first kappa shape index (κ1) is 15.5. The summed E-state index contributed by atoms with van der Waals surface area (Å²) in [6, 6.07) is 13.0. The molecule has 22 heavy (non-hydrogen) atoms. The van der Waals surface area contributed by atoms with Gasteiger partial charge >= 0.3 is 0 Å². The highest BCUT2D eigenvalue weighted by Crippen LogP contribution is 2.16. The Morgan fingerprint density at radius 2 is 1.77 bits per heavy atom. The second kappa shape index (κ2) is 7.21. The fourth-order valence-corrected chi connectivity index (χ4v) is 1.93. The zero-order chi connectivity index (χ0) is 15.9. The molecule has 0 bridgehead atoms. The molecule has 1 N–H and O–H groups in total. The quantitative estimate of drug-likeness (QED) is 0.656. The minimum atomic E-state index is -0.481. The standard InChI is InChI=1S/C16H16N2O4/c1-2-22-15-9-3-12(4-10-15)11-16(19)17-13-5-7-14(8-6-13)18(20)21/h3-10H,2,11H2,1H3,(H,17,19). The van der Waals surface area contributed by atoms with Crippen molar-refractivity contribution in [1.82, 2.24) is 0 Å². The van der Waals surface area contributed by atoms with Crippen LogP contribution < -0.4 is 10.1 Å². The number of nitrogens with one attached hydrogen (secondary N) is 1. The van der Waals surface area contributed by atoms with Crippen molar-refractivity contribution in [3.8, 4) is 5.75 Å². The second-order valence-electron chi connectivity index (χ2n) is 4.61. The van der Waals surface area contributed by atoms with Crippen molar-refractivity contribution in [2.45, 2.75) is 13.3 Å². The number of hydrogen-bond donors (Lipinski definition) is 1. The highest BCUT2D eigenvalue weighted by atomic mass is 16.6. The van der Waals surface area contributed by atoms with E-state index in [0.717, 1.165) is 11.3 Å². The topological polar surface area (TPSA) is 81.5 Å². The monoisotopic (exact) mass is 300 g/mol. The lowest BCUT2D eigenvalue weighted by Crippen LogP contribution is -2.14. The first-order valence-electron chi connectivity index (χ1n) is 6.84. The molecule has 2 aromatic carbocycles. The van der Waals surface area contributed by atoms with E-state index in [1.54, 1.807) is 0 Å². The van der Waals surface area contributed by atoms with Gasteiger partial charge in [-0.3, -0.25) is 14.9 Å². The first-order valence-corrected chi connectivity index (χ1v) is 6.84. The van der Waals surface area contributed by atoms with Crippen LogP contribution in [0.4, 0.5) is 11.4 Å². The van der Waals surface area contributed by atoms with Gasteiger partial charge in [-0.25, -0.2) is 0 Å². The van der Waals surface area contributed by atoms with Crippen LogP contribution in [0, 0.1) is 10.1 Å². The predicted molar refractivity (Wildman–Crippen MR) is 83.0 cm³/mol.